The Bertz CT molecular complexity index is 776. The first kappa shape index (κ1) is 14.8. The monoisotopic (exact) mass is 342 g/mol. The SMILES string of the molecule is O=C(c1cc2ccccn2c1)N1CCS[C@H](c2cccs2)CC1. The minimum absolute atomic E-state index is 0.154. The van der Waals surface area contributed by atoms with E-state index in [2.05, 4.69) is 17.5 Å². The largest absolute Gasteiger partial charge is 0.338 e. The maximum absolute atomic E-state index is 12.8. The number of thioether (sulfide) groups is 1. The smallest absolute Gasteiger partial charge is 0.255 e. The van der Waals surface area contributed by atoms with Gasteiger partial charge in [-0.15, -0.1) is 11.3 Å². The fourth-order valence-corrected chi connectivity index (χ4v) is 5.27. The predicted octanol–water partition coefficient (Wildman–Crippen LogP) is 4.32. The Morgan fingerprint density at radius 3 is 2.96 bits per heavy atom. The highest BCUT2D eigenvalue weighted by molar-refractivity contribution is 7.99. The van der Waals surface area contributed by atoms with Crippen molar-refractivity contribution in [2.45, 2.75) is 11.7 Å². The molecule has 1 saturated heterocycles. The Balaban J connectivity index is 1.50. The van der Waals surface area contributed by atoms with E-state index in [1.165, 1.54) is 4.88 Å². The molecule has 1 aliphatic rings. The molecule has 1 aliphatic heterocycles. The third-order valence-electron chi connectivity index (χ3n) is 4.24. The Hall–Kier alpha value is -1.72. The van der Waals surface area contributed by atoms with Crippen LogP contribution in [0, 0.1) is 0 Å². The third kappa shape index (κ3) is 3.03. The van der Waals surface area contributed by atoms with Crippen LogP contribution in [0.25, 0.3) is 5.52 Å². The van der Waals surface area contributed by atoms with Crippen molar-refractivity contribution in [2.75, 3.05) is 18.8 Å². The molecule has 0 radical (unpaired) electrons. The van der Waals surface area contributed by atoms with Crippen LogP contribution in [0.4, 0.5) is 0 Å². The van der Waals surface area contributed by atoms with E-state index in [0.29, 0.717) is 5.25 Å². The highest BCUT2D eigenvalue weighted by atomic mass is 32.2. The first-order valence-electron chi connectivity index (χ1n) is 7.82. The van der Waals surface area contributed by atoms with Crippen LogP contribution >= 0.6 is 23.1 Å². The number of thiophene rings is 1. The molecule has 0 N–H and O–H groups in total. The Kier molecular flexibility index (Phi) is 4.14. The molecule has 0 aromatic carbocycles. The van der Waals surface area contributed by atoms with Crippen molar-refractivity contribution in [3.8, 4) is 0 Å². The summed E-state index contributed by atoms with van der Waals surface area (Å²) in [6.07, 6.45) is 4.95. The van der Waals surface area contributed by atoms with Gasteiger partial charge < -0.3 is 9.30 Å². The van der Waals surface area contributed by atoms with Gasteiger partial charge in [0.1, 0.15) is 0 Å². The first-order chi connectivity index (χ1) is 11.3. The number of carbonyl (C=O) groups is 1. The van der Waals surface area contributed by atoms with Crippen LogP contribution in [0.1, 0.15) is 26.9 Å². The number of hydrogen-bond donors (Lipinski definition) is 0. The minimum atomic E-state index is 0.154. The molecule has 1 amide bonds. The van der Waals surface area contributed by atoms with E-state index in [0.717, 1.165) is 36.3 Å². The van der Waals surface area contributed by atoms with Crippen molar-refractivity contribution in [3.05, 3.63) is 64.6 Å². The molecule has 3 aromatic rings. The number of aromatic nitrogens is 1. The van der Waals surface area contributed by atoms with Crippen LogP contribution in [0.15, 0.2) is 54.2 Å². The van der Waals surface area contributed by atoms with Crippen LogP contribution in [0.5, 0.6) is 0 Å². The number of pyridine rings is 1. The van der Waals surface area contributed by atoms with E-state index >= 15 is 0 Å². The van der Waals surface area contributed by atoms with Gasteiger partial charge in [-0.25, -0.2) is 0 Å². The number of fused-ring (bicyclic) bond motifs is 1. The minimum Gasteiger partial charge on any atom is -0.338 e. The summed E-state index contributed by atoms with van der Waals surface area (Å²) in [6, 6.07) is 12.3. The zero-order valence-electron chi connectivity index (χ0n) is 12.7. The molecule has 1 atom stereocenters. The normalized spacial score (nSPS) is 19.0. The molecule has 1 fully saturated rings. The fourth-order valence-electron chi connectivity index (χ4n) is 3.03. The van der Waals surface area contributed by atoms with Gasteiger partial charge in [0, 0.05) is 46.9 Å². The maximum Gasteiger partial charge on any atom is 0.255 e. The second-order valence-electron chi connectivity index (χ2n) is 5.72. The molecule has 0 aliphatic carbocycles. The molecule has 3 aromatic heterocycles. The molecule has 0 unspecified atom stereocenters. The van der Waals surface area contributed by atoms with Crippen molar-refractivity contribution < 1.29 is 4.79 Å². The summed E-state index contributed by atoms with van der Waals surface area (Å²) in [5.41, 5.74) is 1.85. The molecular weight excluding hydrogens is 324 g/mol. The molecule has 0 bridgehead atoms. The number of hydrogen-bond acceptors (Lipinski definition) is 3. The van der Waals surface area contributed by atoms with Crippen molar-refractivity contribution >= 4 is 34.5 Å². The zero-order chi connectivity index (χ0) is 15.6. The van der Waals surface area contributed by atoms with Crippen molar-refractivity contribution in [1.82, 2.24) is 9.30 Å². The van der Waals surface area contributed by atoms with Gasteiger partial charge in [0.2, 0.25) is 0 Å². The molecule has 0 spiro atoms. The van der Waals surface area contributed by atoms with Crippen molar-refractivity contribution in [2.24, 2.45) is 0 Å². The predicted molar refractivity (Wildman–Crippen MR) is 97.4 cm³/mol. The van der Waals surface area contributed by atoms with Gasteiger partial charge in [0.25, 0.3) is 5.91 Å². The number of nitrogens with zero attached hydrogens (tertiary/aromatic N) is 2. The van der Waals surface area contributed by atoms with Crippen molar-refractivity contribution in [3.63, 3.8) is 0 Å². The second kappa shape index (κ2) is 6.42. The fraction of sp³-hybridized carbons (Fsp3) is 0.278. The summed E-state index contributed by atoms with van der Waals surface area (Å²) in [4.78, 5) is 16.3. The Morgan fingerprint density at radius 1 is 1.17 bits per heavy atom. The van der Waals surface area contributed by atoms with Gasteiger partial charge in [-0.3, -0.25) is 4.79 Å². The van der Waals surface area contributed by atoms with E-state index < -0.39 is 0 Å². The summed E-state index contributed by atoms with van der Waals surface area (Å²) in [5, 5.41) is 2.66. The van der Waals surface area contributed by atoms with Gasteiger partial charge in [-0.1, -0.05) is 12.1 Å². The average Bonchev–Trinajstić information content (AvgIpc) is 3.19. The lowest BCUT2D eigenvalue weighted by atomic mass is 10.2. The topological polar surface area (TPSA) is 24.7 Å². The van der Waals surface area contributed by atoms with E-state index in [4.69, 9.17) is 0 Å². The van der Waals surface area contributed by atoms with Crippen LogP contribution in [-0.2, 0) is 0 Å². The molecule has 23 heavy (non-hydrogen) atoms. The Labute approximate surface area is 143 Å². The lowest BCUT2D eigenvalue weighted by Gasteiger charge is -2.19. The summed E-state index contributed by atoms with van der Waals surface area (Å²) in [6.45, 7) is 1.66. The number of carbonyl (C=O) groups excluding carboxylic acids is 1. The second-order valence-corrected chi connectivity index (χ2v) is 8.01. The van der Waals surface area contributed by atoms with E-state index in [1.807, 2.05) is 69.1 Å². The van der Waals surface area contributed by atoms with E-state index in [-0.39, 0.29) is 5.91 Å². The van der Waals surface area contributed by atoms with Crippen LogP contribution in [0.3, 0.4) is 0 Å². The molecule has 4 rings (SSSR count). The number of amides is 1. The zero-order valence-corrected chi connectivity index (χ0v) is 14.4. The first-order valence-corrected chi connectivity index (χ1v) is 9.75. The lowest BCUT2D eigenvalue weighted by Crippen LogP contribution is -2.32. The van der Waals surface area contributed by atoms with Gasteiger partial charge in [-0.2, -0.15) is 11.8 Å². The molecule has 3 nitrogen and oxygen atoms in total. The van der Waals surface area contributed by atoms with Crippen molar-refractivity contribution in [1.29, 1.82) is 0 Å². The molecular formula is C18H18N2OS2. The maximum atomic E-state index is 12.8. The van der Waals surface area contributed by atoms with Gasteiger partial charge >= 0.3 is 0 Å². The lowest BCUT2D eigenvalue weighted by molar-refractivity contribution is 0.0767. The summed E-state index contributed by atoms with van der Waals surface area (Å²) in [7, 11) is 0. The number of rotatable bonds is 2. The molecule has 118 valence electrons. The van der Waals surface area contributed by atoms with Crippen LogP contribution in [-0.4, -0.2) is 34.1 Å². The highest BCUT2D eigenvalue weighted by Crippen LogP contribution is 2.36. The summed E-state index contributed by atoms with van der Waals surface area (Å²) in [5.74, 6) is 1.16. The van der Waals surface area contributed by atoms with Gasteiger partial charge in [0.05, 0.1) is 5.56 Å². The van der Waals surface area contributed by atoms with Crippen LogP contribution in [0.2, 0.25) is 0 Å². The summed E-state index contributed by atoms with van der Waals surface area (Å²) < 4.78 is 2.01. The van der Waals surface area contributed by atoms with Gasteiger partial charge in [0.15, 0.2) is 0 Å². The summed E-state index contributed by atoms with van der Waals surface area (Å²) >= 11 is 3.79. The highest BCUT2D eigenvalue weighted by Gasteiger charge is 2.23. The molecule has 5 heteroatoms. The Morgan fingerprint density at radius 2 is 2.13 bits per heavy atom. The van der Waals surface area contributed by atoms with E-state index in [9.17, 15) is 4.79 Å². The van der Waals surface area contributed by atoms with Gasteiger partial charge in [-0.05, 0) is 36.1 Å². The average molecular weight is 342 g/mol. The molecule has 0 saturated carbocycles. The quantitative estimate of drug-likeness (QED) is 0.693. The van der Waals surface area contributed by atoms with Crippen LogP contribution < -0.4 is 0 Å². The molecule has 4 heterocycles. The standard InChI is InChI=1S/C18H18N2OS2/c21-18(14-12-15-4-1-2-7-20(15)13-14)19-8-6-17(23-11-9-19)16-5-3-10-22-16/h1-5,7,10,12-13,17H,6,8-9,11H2/t17-/m0/s1. The van der Waals surface area contributed by atoms with E-state index in [1.54, 1.807) is 0 Å². The third-order valence-corrected chi connectivity index (χ3v) is 6.69.